The van der Waals surface area contributed by atoms with Crippen molar-refractivity contribution < 1.29 is 22.3 Å². The van der Waals surface area contributed by atoms with Crippen molar-refractivity contribution in [3.05, 3.63) is 100 Å². The van der Waals surface area contributed by atoms with Gasteiger partial charge in [-0.05, 0) is 72.9 Å². The minimum absolute atomic E-state index is 0.0292. The van der Waals surface area contributed by atoms with Gasteiger partial charge in [-0.25, -0.2) is 12.8 Å². The van der Waals surface area contributed by atoms with Crippen molar-refractivity contribution in [3.63, 3.8) is 0 Å². The highest BCUT2D eigenvalue weighted by molar-refractivity contribution is 7.89. The van der Waals surface area contributed by atoms with Gasteiger partial charge in [0.05, 0.1) is 17.5 Å². The average Bonchev–Trinajstić information content (AvgIpc) is 2.79. The molecule has 5 nitrogen and oxygen atoms in total. The number of halogens is 2. The molecule has 0 saturated carbocycles. The van der Waals surface area contributed by atoms with Gasteiger partial charge in [-0.1, -0.05) is 48.0 Å². The standard InChI is InChI=1S/C25H25ClFNO4S/c1-2-32-24(29)5-3-4-18-6-8-19(9-7-18)25(20-10-12-21(26)13-11-20)28-33(30,31)23-16-14-22(27)15-17-23/h6-17,25,28H,2-5H2,1H3. The highest BCUT2D eigenvalue weighted by Crippen LogP contribution is 2.26. The number of benzene rings is 3. The van der Waals surface area contributed by atoms with Crippen molar-refractivity contribution >= 4 is 27.6 Å². The maximum absolute atomic E-state index is 13.3. The van der Waals surface area contributed by atoms with Crippen LogP contribution in [-0.2, 0) is 26.0 Å². The Morgan fingerprint density at radius 2 is 1.55 bits per heavy atom. The topological polar surface area (TPSA) is 72.5 Å². The van der Waals surface area contributed by atoms with Crippen LogP contribution in [0.4, 0.5) is 4.39 Å². The van der Waals surface area contributed by atoms with Gasteiger partial charge in [0.15, 0.2) is 0 Å². The van der Waals surface area contributed by atoms with E-state index in [9.17, 15) is 17.6 Å². The van der Waals surface area contributed by atoms with E-state index in [0.717, 1.165) is 23.3 Å². The molecule has 0 aliphatic carbocycles. The molecule has 3 rings (SSSR count). The summed E-state index contributed by atoms with van der Waals surface area (Å²) in [5.74, 6) is -0.728. The highest BCUT2D eigenvalue weighted by Gasteiger charge is 2.23. The highest BCUT2D eigenvalue weighted by atomic mass is 35.5. The van der Waals surface area contributed by atoms with Gasteiger partial charge in [0.1, 0.15) is 5.82 Å². The van der Waals surface area contributed by atoms with E-state index in [2.05, 4.69) is 4.72 Å². The van der Waals surface area contributed by atoms with Crippen molar-refractivity contribution in [3.8, 4) is 0 Å². The second-order valence-electron chi connectivity index (χ2n) is 7.46. The van der Waals surface area contributed by atoms with E-state index in [1.807, 2.05) is 24.3 Å². The maximum atomic E-state index is 13.3. The van der Waals surface area contributed by atoms with E-state index >= 15 is 0 Å². The number of sulfonamides is 1. The third kappa shape index (κ3) is 7.12. The Kier molecular flexibility index (Phi) is 8.61. The second-order valence-corrected chi connectivity index (χ2v) is 9.61. The summed E-state index contributed by atoms with van der Waals surface area (Å²) in [6.45, 7) is 2.14. The molecule has 0 bridgehead atoms. The van der Waals surface area contributed by atoms with Crippen LogP contribution in [0.25, 0.3) is 0 Å². The predicted octanol–water partition coefficient (Wildman–Crippen LogP) is 5.43. The van der Waals surface area contributed by atoms with Gasteiger partial charge < -0.3 is 4.74 Å². The van der Waals surface area contributed by atoms with Crippen LogP contribution in [0.2, 0.25) is 5.02 Å². The summed E-state index contributed by atoms with van der Waals surface area (Å²) in [7, 11) is -3.92. The zero-order valence-electron chi connectivity index (χ0n) is 18.1. The third-order valence-electron chi connectivity index (χ3n) is 5.07. The lowest BCUT2D eigenvalue weighted by molar-refractivity contribution is -0.143. The summed E-state index contributed by atoms with van der Waals surface area (Å²) in [5.41, 5.74) is 2.47. The van der Waals surface area contributed by atoms with Crippen molar-refractivity contribution in [2.45, 2.75) is 37.1 Å². The van der Waals surface area contributed by atoms with Crippen molar-refractivity contribution in [2.24, 2.45) is 0 Å². The van der Waals surface area contributed by atoms with Crippen LogP contribution in [0, 0.1) is 5.82 Å². The minimum atomic E-state index is -3.92. The Balaban J connectivity index is 1.82. The number of rotatable bonds is 10. The molecule has 0 spiro atoms. The number of ether oxygens (including phenoxy) is 1. The molecule has 1 N–H and O–H groups in total. The summed E-state index contributed by atoms with van der Waals surface area (Å²) in [5, 5.41) is 0.538. The van der Waals surface area contributed by atoms with Crippen LogP contribution < -0.4 is 4.72 Å². The summed E-state index contributed by atoms with van der Waals surface area (Å²) < 4.78 is 46.9. The first-order valence-electron chi connectivity index (χ1n) is 10.6. The molecule has 0 amide bonds. The van der Waals surface area contributed by atoms with E-state index in [0.29, 0.717) is 36.5 Å². The summed E-state index contributed by atoms with van der Waals surface area (Å²) >= 11 is 6.01. The number of hydrogen-bond donors (Lipinski definition) is 1. The van der Waals surface area contributed by atoms with E-state index in [4.69, 9.17) is 16.3 Å². The molecule has 0 fully saturated rings. The molecule has 0 saturated heterocycles. The molecule has 0 heterocycles. The molecular weight excluding hydrogens is 465 g/mol. The summed E-state index contributed by atoms with van der Waals surface area (Å²) in [6, 6.07) is 18.4. The van der Waals surface area contributed by atoms with Gasteiger partial charge in [0.2, 0.25) is 10.0 Å². The molecule has 1 atom stereocenters. The zero-order valence-corrected chi connectivity index (χ0v) is 19.7. The number of hydrogen-bond acceptors (Lipinski definition) is 4. The largest absolute Gasteiger partial charge is 0.466 e. The molecule has 3 aromatic rings. The fourth-order valence-corrected chi connectivity index (χ4v) is 4.71. The molecule has 0 radical (unpaired) electrons. The van der Waals surface area contributed by atoms with E-state index in [1.54, 1.807) is 31.2 Å². The summed E-state index contributed by atoms with van der Waals surface area (Å²) in [4.78, 5) is 11.5. The fourth-order valence-electron chi connectivity index (χ4n) is 3.37. The zero-order chi connectivity index (χ0) is 23.8. The van der Waals surface area contributed by atoms with Gasteiger partial charge >= 0.3 is 5.97 Å². The van der Waals surface area contributed by atoms with Crippen LogP contribution in [0.1, 0.15) is 42.5 Å². The van der Waals surface area contributed by atoms with E-state index in [1.165, 1.54) is 12.1 Å². The molecule has 0 aromatic heterocycles. The fraction of sp³-hybridized carbons (Fsp3) is 0.240. The van der Waals surface area contributed by atoms with Crippen molar-refractivity contribution in [1.29, 1.82) is 0 Å². The van der Waals surface area contributed by atoms with Gasteiger partial charge in [0.25, 0.3) is 0 Å². The van der Waals surface area contributed by atoms with Gasteiger partial charge in [-0.2, -0.15) is 4.72 Å². The van der Waals surface area contributed by atoms with Crippen LogP contribution in [-0.4, -0.2) is 21.0 Å². The maximum Gasteiger partial charge on any atom is 0.305 e. The number of carbonyl (C=O) groups excluding carboxylic acids is 1. The van der Waals surface area contributed by atoms with Gasteiger partial charge in [-0.15, -0.1) is 0 Å². The molecule has 174 valence electrons. The van der Waals surface area contributed by atoms with Crippen LogP contribution in [0.3, 0.4) is 0 Å². The number of aryl methyl sites for hydroxylation is 1. The van der Waals surface area contributed by atoms with Gasteiger partial charge in [-0.3, -0.25) is 4.79 Å². The van der Waals surface area contributed by atoms with Crippen molar-refractivity contribution in [1.82, 2.24) is 4.72 Å². The molecule has 3 aromatic carbocycles. The normalized spacial score (nSPS) is 12.3. The minimum Gasteiger partial charge on any atom is -0.466 e. The average molecular weight is 490 g/mol. The monoisotopic (exact) mass is 489 g/mol. The number of carbonyl (C=O) groups is 1. The Bertz CT molecular complexity index is 1160. The Labute approximate surface area is 198 Å². The number of nitrogens with one attached hydrogen (secondary N) is 1. The van der Waals surface area contributed by atoms with Crippen LogP contribution in [0.5, 0.6) is 0 Å². The second kappa shape index (κ2) is 11.4. The van der Waals surface area contributed by atoms with Crippen LogP contribution in [0.15, 0.2) is 77.7 Å². The van der Waals surface area contributed by atoms with E-state index < -0.39 is 21.9 Å². The first kappa shape index (κ1) is 24.9. The first-order valence-corrected chi connectivity index (χ1v) is 12.4. The molecule has 33 heavy (non-hydrogen) atoms. The number of esters is 1. The quantitative estimate of drug-likeness (QED) is 0.385. The summed E-state index contributed by atoms with van der Waals surface area (Å²) in [6.07, 6.45) is 1.71. The Morgan fingerprint density at radius 1 is 0.970 bits per heavy atom. The Hall–Kier alpha value is -2.74. The third-order valence-corrected chi connectivity index (χ3v) is 6.76. The smallest absolute Gasteiger partial charge is 0.305 e. The molecule has 0 aliphatic heterocycles. The molecular formula is C25H25ClFNO4S. The predicted molar refractivity (Wildman–Crippen MR) is 126 cm³/mol. The Morgan fingerprint density at radius 3 is 2.12 bits per heavy atom. The lowest BCUT2D eigenvalue weighted by Gasteiger charge is -2.20. The SMILES string of the molecule is CCOC(=O)CCCc1ccc(C(NS(=O)(=O)c2ccc(F)cc2)c2ccc(Cl)cc2)cc1. The lowest BCUT2D eigenvalue weighted by Crippen LogP contribution is -2.29. The first-order chi connectivity index (χ1) is 15.8. The van der Waals surface area contributed by atoms with Crippen LogP contribution >= 0.6 is 11.6 Å². The lowest BCUT2D eigenvalue weighted by atomic mass is 9.97. The molecule has 1 unspecified atom stereocenters. The van der Waals surface area contributed by atoms with Gasteiger partial charge in [0, 0.05) is 11.4 Å². The van der Waals surface area contributed by atoms with E-state index in [-0.39, 0.29) is 10.9 Å². The van der Waals surface area contributed by atoms with Crippen molar-refractivity contribution in [2.75, 3.05) is 6.61 Å². The molecule has 0 aliphatic rings. The molecule has 8 heteroatoms.